The molecule has 74 heavy (non-hydrogen) atoms. The van der Waals surface area contributed by atoms with Gasteiger partial charge >= 0.3 is 0 Å². The topological polar surface area (TPSA) is 6.48 Å². The van der Waals surface area contributed by atoms with E-state index in [-0.39, 0.29) is 5.41 Å². The summed E-state index contributed by atoms with van der Waals surface area (Å²) in [7, 11) is 0. The molecule has 0 N–H and O–H groups in total. The van der Waals surface area contributed by atoms with E-state index in [1.54, 1.807) is 0 Å². The van der Waals surface area contributed by atoms with Crippen molar-refractivity contribution in [1.82, 2.24) is 0 Å². The van der Waals surface area contributed by atoms with Crippen LogP contribution >= 0.6 is 31.9 Å². The number of rotatable bonds is 12. The Labute approximate surface area is 453 Å². The number of halogens is 2. The van der Waals surface area contributed by atoms with Crippen LogP contribution < -0.4 is 9.80 Å². The molecule has 0 fully saturated rings. The average molecular weight is 1080 g/mol. The minimum Gasteiger partial charge on any atom is -0.310 e. The van der Waals surface area contributed by atoms with E-state index in [0.29, 0.717) is 0 Å². The minimum absolute atomic E-state index is 0.223. The normalized spacial score (nSPS) is 11.3. The number of anilines is 6. The molecule has 0 amide bonds. The lowest BCUT2D eigenvalue weighted by Gasteiger charge is -2.34. The molecular formula is C70H54Br2N2. The maximum absolute atomic E-state index is 3.89. The highest BCUT2D eigenvalue weighted by Crippen LogP contribution is 2.49. The van der Waals surface area contributed by atoms with E-state index < -0.39 is 0 Å². The zero-order valence-corrected chi connectivity index (χ0v) is 44.8. The number of benzene rings is 11. The molecule has 0 bridgehead atoms. The molecule has 0 aliphatic heterocycles. The largest absolute Gasteiger partial charge is 0.310 e. The van der Waals surface area contributed by atoms with Gasteiger partial charge < -0.3 is 9.80 Å². The van der Waals surface area contributed by atoms with Gasteiger partial charge in [0.15, 0.2) is 0 Å². The van der Waals surface area contributed by atoms with Gasteiger partial charge in [-0.15, -0.1) is 0 Å². The van der Waals surface area contributed by atoms with Crippen molar-refractivity contribution in [2.45, 2.75) is 26.2 Å². The Hall–Kier alpha value is -8.02. The van der Waals surface area contributed by atoms with E-state index in [9.17, 15) is 0 Å². The van der Waals surface area contributed by atoms with Crippen molar-refractivity contribution < 1.29 is 0 Å². The Bertz CT molecular complexity index is 3380. The van der Waals surface area contributed by atoms with E-state index >= 15 is 0 Å². The molecule has 11 rings (SSSR count). The second-order valence-electron chi connectivity index (χ2n) is 19.7. The van der Waals surface area contributed by atoms with Crippen LogP contribution in [0.15, 0.2) is 282 Å². The first-order chi connectivity index (χ1) is 36.1. The van der Waals surface area contributed by atoms with Crippen molar-refractivity contribution in [1.29, 1.82) is 0 Å². The lowest BCUT2D eigenvalue weighted by molar-refractivity contribution is 0.590. The monoisotopic (exact) mass is 1080 g/mol. The predicted octanol–water partition coefficient (Wildman–Crippen LogP) is 21.5. The van der Waals surface area contributed by atoms with Gasteiger partial charge in [-0.05, 0) is 170 Å². The summed E-state index contributed by atoms with van der Waals surface area (Å²) in [5.74, 6) is 0. The Morgan fingerprint density at radius 3 is 0.892 bits per heavy atom. The maximum Gasteiger partial charge on any atom is 0.0540 e. The summed E-state index contributed by atoms with van der Waals surface area (Å²) in [5.41, 5.74) is 21.1. The summed E-state index contributed by atoms with van der Waals surface area (Å²) in [6, 6.07) is 99.1. The van der Waals surface area contributed by atoms with Gasteiger partial charge in [0.25, 0.3) is 0 Å². The molecule has 0 saturated heterocycles. The van der Waals surface area contributed by atoms with Crippen LogP contribution in [0.2, 0.25) is 0 Å². The summed E-state index contributed by atoms with van der Waals surface area (Å²) >= 11 is 7.78. The molecule has 0 heterocycles. The van der Waals surface area contributed by atoms with Gasteiger partial charge in [0.05, 0.1) is 11.4 Å². The SMILES string of the molecule is CC(C)(C)c1cc(N(c2cccc(Br)c2)c2ccccc2-c2cc(-c3ccccc3)cc(-c3ccccc3)c2)cc(N(c2cccc(Br)c2)c2ccccc2-c2cc(-c3ccccc3)cc(-c3ccccc3)c2)c1. The molecule has 0 radical (unpaired) electrons. The van der Waals surface area contributed by atoms with Crippen LogP contribution in [-0.4, -0.2) is 0 Å². The third-order valence-electron chi connectivity index (χ3n) is 13.6. The summed E-state index contributed by atoms with van der Waals surface area (Å²) in [4.78, 5) is 4.88. The van der Waals surface area contributed by atoms with Gasteiger partial charge in [-0.2, -0.15) is 0 Å². The van der Waals surface area contributed by atoms with Crippen LogP contribution in [0.1, 0.15) is 26.3 Å². The van der Waals surface area contributed by atoms with Crippen LogP contribution in [0, 0.1) is 0 Å². The summed E-state index contributed by atoms with van der Waals surface area (Å²) in [5, 5.41) is 0. The third kappa shape index (κ3) is 10.4. The highest BCUT2D eigenvalue weighted by molar-refractivity contribution is 9.10. The number of hydrogen-bond acceptors (Lipinski definition) is 2. The Balaban J connectivity index is 1.15. The predicted molar refractivity (Wildman–Crippen MR) is 323 cm³/mol. The van der Waals surface area contributed by atoms with Crippen LogP contribution in [-0.2, 0) is 5.41 Å². The van der Waals surface area contributed by atoms with Crippen molar-refractivity contribution in [3.63, 3.8) is 0 Å². The van der Waals surface area contributed by atoms with Crippen LogP contribution in [0.4, 0.5) is 34.1 Å². The molecule has 0 unspecified atom stereocenters. The first kappa shape index (κ1) is 48.3. The lowest BCUT2D eigenvalue weighted by atomic mass is 9.86. The molecule has 0 aliphatic rings. The Morgan fingerprint density at radius 2 is 0.568 bits per heavy atom. The van der Waals surface area contributed by atoms with Crippen molar-refractivity contribution in [2.24, 2.45) is 0 Å². The first-order valence-electron chi connectivity index (χ1n) is 25.1. The first-order valence-corrected chi connectivity index (χ1v) is 26.7. The highest BCUT2D eigenvalue weighted by atomic mass is 79.9. The lowest BCUT2D eigenvalue weighted by Crippen LogP contribution is -2.18. The van der Waals surface area contributed by atoms with E-state index in [1.807, 2.05) is 0 Å². The van der Waals surface area contributed by atoms with Gasteiger partial charge in [0.1, 0.15) is 0 Å². The number of hydrogen-bond donors (Lipinski definition) is 0. The molecule has 0 saturated carbocycles. The fraction of sp³-hybridized carbons (Fsp3) is 0.0571. The standard InChI is InChI=1S/C70H54Br2N2/c1-70(2,3)59-44-64(73(62-32-20-30-60(71)46-62)68-36-18-16-34-66(68)57-40-53(49-22-8-4-9-23-49)38-54(41-57)50-24-10-5-11-25-50)48-65(45-59)74(63-33-21-31-61(72)47-63)69-37-19-17-35-67(69)58-42-55(51-26-12-6-13-27-51)39-56(43-58)52-28-14-7-15-29-52/h4-48H,1-3H3. The van der Waals surface area contributed by atoms with Crippen molar-refractivity contribution >= 4 is 66.0 Å². The smallest absolute Gasteiger partial charge is 0.0540 e. The molecule has 2 nitrogen and oxygen atoms in total. The third-order valence-corrected chi connectivity index (χ3v) is 14.6. The second-order valence-corrected chi connectivity index (χ2v) is 21.5. The van der Waals surface area contributed by atoms with Crippen LogP contribution in [0.5, 0.6) is 0 Å². The summed E-state index contributed by atoms with van der Waals surface area (Å²) in [6.45, 7) is 6.93. The molecule has 11 aromatic rings. The quantitative estimate of drug-likeness (QED) is 0.120. The molecule has 0 aromatic heterocycles. The van der Waals surface area contributed by atoms with E-state index in [2.05, 4.69) is 335 Å². The average Bonchev–Trinajstić information content (AvgIpc) is 3.44. The number of para-hydroxylation sites is 2. The molecule has 0 atom stereocenters. The Kier molecular flexibility index (Phi) is 13.8. The van der Waals surface area contributed by atoms with Gasteiger partial charge in [0, 0.05) is 42.8 Å². The maximum atomic E-state index is 3.89. The van der Waals surface area contributed by atoms with Gasteiger partial charge in [-0.3, -0.25) is 0 Å². The fourth-order valence-corrected chi connectivity index (χ4v) is 10.7. The van der Waals surface area contributed by atoms with E-state index in [1.165, 1.54) is 27.8 Å². The van der Waals surface area contributed by atoms with Crippen molar-refractivity contribution in [3.8, 4) is 66.8 Å². The molecule has 11 aromatic carbocycles. The van der Waals surface area contributed by atoms with Crippen molar-refractivity contribution in [3.05, 3.63) is 287 Å². The highest BCUT2D eigenvalue weighted by Gasteiger charge is 2.26. The molecule has 358 valence electrons. The van der Waals surface area contributed by atoms with E-state index in [0.717, 1.165) is 87.6 Å². The second kappa shape index (κ2) is 21.2. The van der Waals surface area contributed by atoms with Gasteiger partial charge in [-0.25, -0.2) is 0 Å². The molecule has 0 spiro atoms. The van der Waals surface area contributed by atoms with Gasteiger partial charge in [-0.1, -0.05) is 222 Å². The minimum atomic E-state index is -0.223. The van der Waals surface area contributed by atoms with Crippen molar-refractivity contribution in [2.75, 3.05) is 9.80 Å². The zero-order valence-electron chi connectivity index (χ0n) is 41.6. The number of nitrogens with zero attached hydrogens (tertiary/aromatic N) is 2. The van der Waals surface area contributed by atoms with Crippen LogP contribution in [0.25, 0.3) is 66.8 Å². The van der Waals surface area contributed by atoms with E-state index in [4.69, 9.17) is 0 Å². The summed E-state index contributed by atoms with van der Waals surface area (Å²) in [6.07, 6.45) is 0. The van der Waals surface area contributed by atoms with Crippen LogP contribution in [0.3, 0.4) is 0 Å². The molecule has 0 aliphatic carbocycles. The summed E-state index contributed by atoms with van der Waals surface area (Å²) < 4.78 is 2.00. The zero-order chi connectivity index (χ0) is 50.6. The fourth-order valence-electron chi connectivity index (χ4n) is 9.95. The molecule has 4 heteroatoms. The molecular weight excluding hydrogens is 1030 g/mol. The van der Waals surface area contributed by atoms with Gasteiger partial charge in [0.2, 0.25) is 0 Å². The Morgan fingerprint density at radius 1 is 0.257 bits per heavy atom.